The Morgan fingerprint density at radius 1 is 0.163 bits per heavy atom. The first-order valence-electron chi connectivity index (χ1n) is 27.5. The largest absolute Gasteiger partial charge is 0.456 e. The molecule has 17 rings (SSSR count). The van der Waals surface area contributed by atoms with Gasteiger partial charge in [0.1, 0.15) is 22.3 Å². The summed E-state index contributed by atoms with van der Waals surface area (Å²) in [5.41, 5.74) is 18.1. The first-order valence-corrected chi connectivity index (χ1v) is 27.5. The summed E-state index contributed by atoms with van der Waals surface area (Å²) in [5.74, 6) is 0. The standard InChI is InChI=1S/C78H46O2/c1-3-21-60-58(19-1)75(59-20-2-4-22-61(59)76(60)53-39-41-73-69(45-53)56-17-9-11-29-71(56)79-73)50-35-31-49(32-36-50)55-27-13-15-47-33-37-51(43-67(47)55)52-38-34-48-16-14-28-66(68(48)44-52)78-64-25-7-5-23-62(64)77(63-24-6-8-26-65(63)78)54-40-42-74-70(46-54)57-18-10-12-30-72(57)80-74/h1-46H. The lowest BCUT2D eigenvalue weighted by Gasteiger charge is -2.19. The van der Waals surface area contributed by atoms with E-state index < -0.39 is 0 Å². The van der Waals surface area contributed by atoms with Crippen molar-refractivity contribution in [2.24, 2.45) is 0 Å². The molecule has 0 spiro atoms. The van der Waals surface area contributed by atoms with Crippen molar-refractivity contribution in [2.45, 2.75) is 0 Å². The Hall–Kier alpha value is -10.5. The number of furan rings is 2. The summed E-state index contributed by atoms with van der Waals surface area (Å²) >= 11 is 0. The molecule has 15 aromatic carbocycles. The molecule has 0 N–H and O–H groups in total. The second-order valence-corrected chi connectivity index (χ2v) is 21.4. The molecule has 0 radical (unpaired) electrons. The highest BCUT2D eigenvalue weighted by atomic mass is 16.3. The number of hydrogen-bond acceptors (Lipinski definition) is 2. The molecule has 0 atom stereocenters. The van der Waals surface area contributed by atoms with Crippen LogP contribution < -0.4 is 0 Å². The minimum absolute atomic E-state index is 0.903. The Balaban J connectivity index is 0.770. The van der Waals surface area contributed by atoms with Gasteiger partial charge in [-0.2, -0.15) is 0 Å². The summed E-state index contributed by atoms with van der Waals surface area (Å²) in [6, 6.07) is 102. The fourth-order valence-electron chi connectivity index (χ4n) is 13.4. The van der Waals surface area contributed by atoms with Crippen LogP contribution in [-0.4, -0.2) is 0 Å². The molecule has 370 valence electrons. The summed E-state index contributed by atoms with van der Waals surface area (Å²) in [6.07, 6.45) is 0. The van der Waals surface area contributed by atoms with Crippen LogP contribution in [0.4, 0.5) is 0 Å². The zero-order chi connectivity index (χ0) is 52.4. The minimum Gasteiger partial charge on any atom is -0.456 e. The van der Waals surface area contributed by atoms with Crippen molar-refractivity contribution in [1.29, 1.82) is 0 Å². The van der Waals surface area contributed by atoms with E-state index in [0.29, 0.717) is 0 Å². The van der Waals surface area contributed by atoms with Gasteiger partial charge in [0.05, 0.1) is 0 Å². The van der Waals surface area contributed by atoms with Crippen LogP contribution in [0.1, 0.15) is 0 Å². The number of para-hydroxylation sites is 2. The van der Waals surface area contributed by atoms with Gasteiger partial charge in [0.2, 0.25) is 0 Å². The quantitative estimate of drug-likeness (QED) is 0.155. The van der Waals surface area contributed by atoms with E-state index in [4.69, 9.17) is 8.83 Å². The van der Waals surface area contributed by atoms with Crippen LogP contribution in [0, 0.1) is 0 Å². The second kappa shape index (κ2) is 17.5. The van der Waals surface area contributed by atoms with Gasteiger partial charge in [-0.25, -0.2) is 0 Å². The number of rotatable bonds is 6. The molecule has 2 aromatic heterocycles. The molecule has 17 aromatic rings. The number of hydrogen-bond donors (Lipinski definition) is 0. The third kappa shape index (κ3) is 6.79. The molecule has 2 nitrogen and oxygen atoms in total. The summed E-state index contributed by atoms with van der Waals surface area (Å²) in [7, 11) is 0. The first kappa shape index (κ1) is 44.6. The van der Waals surface area contributed by atoms with Gasteiger partial charge in [0, 0.05) is 21.5 Å². The summed E-state index contributed by atoms with van der Waals surface area (Å²) < 4.78 is 12.6. The molecular weight excluding hydrogens is 969 g/mol. The average molecular weight is 1020 g/mol. The monoisotopic (exact) mass is 1010 g/mol. The van der Waals surface area contributed by atoms with Crippen LogP contribution >= 0.6 is 0 Å². The third-order valence-corrected chi connectivity index (χ3v) is 17.0. The van der Waals surface area contributed by atoms with E-state index >= 15 is 0 Å². The van der Waals surface area contributed by atoms with Crippen molar-refractivity contribution in [1.82, 2.24) is 0 Å². The molecule has 0 saturated heterocycles. The molecule has 2 heterocycles. The summed E-state index contributed by atoms with van der Waals surface area (Å²) in [6.45, 7) is 0. The van der Waals surface area contributed by atoms with Crippen molar-refractivity contribution in [2.75, 3.05) is 0 Å². The Kier molecular flexibility index (Phi) is 9.75. The molecule has 80 heavy (non-hydrogen) atoms. The molecule has 0 bridgehead atoms. The Morgan fingerprint density at radius 2 is 0.475 bits per heavy atom. The van der Waals surface area contributed by atoms with Crippen molar-refractivity contribution in [3.05, 3.63) is 279 Å². The Morgan fingerprint density at radius 3 is 0.925 bits per heavy atom. The maximum absolute atomic E-state index is 6.29. The normalized spacial score (nSPS) is 12.0. The zero-order valence-corrected chi connectivity index (χ0v) is 43.4. The number of fused-ring (bicyclic) bond motifs is 12. The molecule has 0 amide bonds. The topological polar surface area (TPSA) is 26.3 Å². The van der Waals surface area contributed by atoms with Crippen molar-refractivity contribution < 1.29 is 8.83 Å². The SMILES string of the molecule is c1cc(-c2ccc(-c3c4ccccc4c(-c4ccc5oc6ccccc6c5c4)c4ccccc34)cc2)c2cc(-c3ccc4cccc(-c5c6ccccc6c(-c6ccc7oc8ccccc8c7c6)c6ccccc56)c4c3)ccc2c1. The fourth-order valence-corrected chi connectivity index (χ4v) is 13.4. The van der Waals surface area contributed by atoms with Gasteiger partial charge in [-0.15, -0.1) is 0 Å². The van der Waals surface area contributed by atoms with Crippen molar-refractivity contribution >= 4 is 109 Å². The van der Waals surface area contributed by atoms with E-state index in [0.717, 1.165) is 43.9 Å². The van der Waals surface area contributed by atoms with E-state index in [-0.39, 0.29) is 0 Å². The molecule has 0 fully saturated rings. The van der Waals surface area contributed by atoms with Crippen LogP contribution in [0.5, 0.6) is 0 Å². The zero-order valence-electron chi connectivity index (χ0n) is 43.4. The van der Waals surface area contributed by atoms with Crippen LogP contribution in [0.2, 0.25) is 0 Å². The lowest BCUT2D eigenvalue weighted by molar-refractivity contribution is 0.668. The van der Waals surface area contributed by atoms with Gasteiger partial charge in [0.25, 0.3) is 0 Å². The van der Waals surface area contributed by atoms with Gasteiger partial charge in [0.15, 0.2) is 0 Å². The summed E-state index contributed by atoms with van der Waals surface area (Å²) in [5, 5.41) is 19.2. The van der Waals surface area contributed by atoms with E-state index in [1.807, 2.05) is 18.2 Å². The van der Waals surface area contributed by atoms with Gasteiger partial charge in [-0.05, 0) is 180 Å². The third-order valence-electron chi connectivity index (χ3n) is 17.0. The van der Waals surface area contributed by atoms with Gasteiger partial charge >= 0.3 is 0 Å². The highest BCUT2D eigenvalue weighted by Gasteiger charge is 2.22. The predicted molar refractivity (Wildman–Crippen MR) is 339 cm³/mol. The maximum atomic E-state index is 6.29. The van der Waals surface area contributed by atoms with E-state index in [1.54, 1.807) is 0 Å². The molecule has 0 saturated carbocycles. The summed E-state index contributed by atoms with van der Waals surface area (Å²) in [4.78, 5) is 0. The lowest BCUT2D eigenvalue weighted by Crippen LogP contribution is -1.92. The smallest absolute Gasteiger partial charge is 0.135 e. The molecule has 2 heteroatoms. The van der Waals surface area contributed by atoms with E-state index in [1.165, 1.54) is 131 Å². The Bertz CT molecular complexity index is 5310. The fraction of sp³-hybridized carbons (Fsp3) is 0. The molecular formula is C78H46O2. The van der Waals surface area contributed by atoms with Crippen LogP contribution in [0.15, 0.2) is 288 Å². The van der Waals surface area contributed by atoms with Crippen LogP contribution in [-0.2, 0) is 0 Å². The molecule has 0 unspecified atom stereocenters. The number of benzene rings is 15. The molecule has 0 aliphatic carbocycles. The second-order valence-electron chi connectivity index (χ2n) is 21.4. The van der Waals surface area contributed by atoms with E-state index in [9.17, 15) is 0 Å². The van der Waals surface area contributed by atoms with Gasteiger partial charge < -0.3 is 8.83 Å². The van der Waals surface area contributed by atoms with Gasteiger partial charge in [-0.1, -0.05) is 231 Å². The van der Waals surface area contributed by atoms with Crippen molar-refractivity contribution in [3.8, 4) is 66.8 Å². The van der Waals surface area contributed by atoms with Crippen molar-refractivity contribution in [3.63, 3.8) is 0 Å². The predicted octanol–water partition coefficient (Wildman–Crippen LogP) is 22.4. The Labute approximate surface area is 460 Å². The van der Waals surface area contributed by atoms with Crippen LogP contribution in [0.3, 0.4) is 0 Å². The van der Waals surface area contributed by atoms with E-state index in [2.05, 4.69) is 261 Å². The maximum Gasteiger partial charge on any atom is 0.135 e. The van der Waals surface area contributed by atoms with Gasteiger partial charge in [-0.3, -0.25) is 0 Å². The molecule has 0 aliphatic heterocycles. The highest BCUT2D eigenvalue weighted by molar-refractivity contribution is 6.25. The first-order chi connectivity index (χ1) is 39.7. The highest BCUT2D eigenvalue weighted by Crippen LogP contribution is 2.49. The minimum atomic E-state index is 0.903. The molecule has 0 aliphatic rings. The lowest BCUT2D eigenvalue weighted by atomic mass is 9.84. The average Bonchev–Trinajstić information content (AvgIpc) is 4.22. The van der Waals surface area contributed by atoms with Crippen LogP contribution in [0.25, 0.3) is 175 Å².